The summed E-state index contributed by atoms with van der Waals surface area (Å²) < 4.78 is 5.34. The zero-order valence-corrected chi connectivity index (χ0v) is 11.2. The van der Waals surface area contributed by atoms with Crippen LogP contribution in [0.3, 0.4) is 0 Å². The fourth-order valence-electron chi connectivity index (χ4n) is 1.62. The first-order chi connectivity index (χ1) is 7.10. The second-order valence-corrected chi connectivity index (χ2v) is 5.75. The summed E-state index contributed by atoms with van der Waals surface area (Å²) in [5.74, 6) is 0.00562. The Hall–Kier alpha value is -0.830. The van der Waals surface area contributed by atoms with Crippen molar-refractivity contribution in [3.05, 3.63) is 12.7 Å². The number of esters is 1. The molecule has 16 heavy (non-hydrogen) atoms. The normalized spacial score (nSPS) is 15.7. The van der Waals surface area contributed by atoms with Crippen LogP contribution in [0.15, 0.2) is 12.7 Å². The molecule has 0 bridgehead atoms. The zero-order chi connectivity index (χ0) is 13.0. The summed E-state index contributed by atoms with van der Waals surface area (Å²) in [5.41, 5.74) is 4.67. The summed E-state index contributed by atoms with van der Waals surface area (Å²) in [5, 5.41) is 0. The summed E-state index contributed by atoms with van der Waals surface area (Å²) in [4.78, 5) is 12.0. The van der Waals surface area contributed by atoms with E-state index < -0.39 is 11.1 Å². The van der Waals surface area contributed by atoms with E-state index in [1.54, 1.807) is 6.08 Å². The Kier molecular flexibility index (Phi) is 5.20. The second kappa shape index (κ2) is 5.48. The van der Waals surface area contributed by atoms with Crippen LogP contribution in [0.1, 0.15) is 47.5 Å². The molecule has 0 heterocycles. The summed E-state index contributed by atoms with van der Waals surface area (Å²) in [7, 11) is 0. The van der Waals surface area contributed by atoms with Crippen molar-refractivity contribution in [2.45, 2.75) is 58.6 Å². The maximum absolute atomic E-state index is 12.0. The fourth-order valence-corrected chi connectivity index (χ4v) is 1.62. The van der Waals surface area contributed by atoms with Gasteiger partial charge < -0.3 is 10.5 Å². The van der Waals surface area contributed by atoms with Gasteiger partial charge in [-0.15, -0.1) is 6.58 Å². The minimum Gasteiger partial charge on any atom is -0.459 e. The molecular weight excluding hydrogens is 202 g/mol. The summed E-state index contributed by atoms with van der Waals surface area (Å²) in [6.45, 7) is 13.2. The average Bonchev–Trinajstić information content (AvgIpc) is 1.99. The molecule has 0 aromatic carbocycles. The average molecular weight is 227 g/mol. The maximum atomic E-state index is 12.0. The lowest BCUT2D eigenvalue weighted by molar-refractivity contribution is -0.162. The van der Waals surface area contributed by atoms with Crippen LogP contribution in [-0.4, -0.2) is 17.1 Å². The Labute approximate surface area is 99.0 Å². The Morgan fingerprint density at radius 2 is 1.94 bits per heavy atom. The van der Waals surface area contributed by atoms with E-state index in [1.807, 2.05) is 34.6 Å². The molecule has 0 saturated heterocycles. The molecule has 0 aromatic rings. The van der Waals surface area contributed by atoms with E-state index in [-0.39, 0.29) is 5.97 Å². The highest BCUT2D eigenvalue weighted by Gasteiger charge is 2.37. The number of hydrogen-bond acceptors (Lipinski definition) is 3. The highest BCUT2D eigenvalue weighted by atomic mass is 16.6. The summed E-state index contributed by atoms with van der Waals surface area (Å²) >= 11 is 0. The molecule has 0 aliphatic heterocycles. The van der Waals surface area contributed by atoms with Crippen LogP contribution in [0.2, 0.25) is 0 Å². The molecule has 0 unspecified atom stereocenters. The molecule has 0 radical (unpaired) electrons. The lowest BCUT2D eigenvalue weighted by Gasteiger charge is -2.31. The van der Waals surface area contributed by atoms with Gasteiger partial charge in [0.25, 0.3) is 0 Å². The van der Waals surface area contributed by atoms with Crippen molar-refractivity contribution in [1.29, 1.82) is 0 Å². The zero-order valence-electron chi connectivity index (χ0n) is 11.2. The van der Waals surface area contributed by atoms with Crippen molar-refractivity contribution in [2.24, 2.45) is 11.7 Å². The standard InChI is InChI=1S/C13H25NO2/c1-7-8-13(14,9-10(2)3)11(15)16-12(4,5)6/h7,10H,1,8-9,14H2,2-6H3/t13-/m0/s1. The number of nitrogens with two attached hydrogens (primary N) is 1. The summed E-state index contributed by atoms with van der Waals surface area (Å²) in [6, 6.07) is 0. The molecule has 1 atom stereocenters. The smallest absolute Gasteiger partial charge is 0.326 e. The molecule has 0 aliphatic rings. The minimum absolute atomic E-state index is 0.339. The van der Waals surface area contributed by atoms with E-state index >= 15 is 0 Å². The predicted octanol–water partition coefficient (Wildman–Crippen LogP) is 2.65. The van der Waals surface area contributed by atoms with Gasteiger partial charge in [0, 0.05) is 0 Å². The molecule has 3 nitrogen and oxygen atoms in total. The first kappa shape index (κ1) is 15.2. The van der Waals surface area contributed by atoms with Gasteiger partial charge in [-0.25, -0.2) is 0 Å². The predicted molar refractivity (Wildman–Crippen MR) is 67.0 cm³/mol. The van der Waals surface area contributed by atoms with E-state index in [0.29, 0.717) is 18.8 Å². The van der Waals surface area contributed by atoms with Gasteiger partial charge >= 0.3 is 5.97 Å². The monoisotopic (exact) mass is 227 g/mol. The van der Waals surface area contributed by atoms with Gasteiger partial charge in [-0.1, -0.05) is 19.9 Å². The van der Waals surface area contributed by atoms with E-state index in [1.165, 1.54) is 0 Å². The lowest BCUT2D eigenvalue weighted by atomic mass is 9.86. The lowest BCUT2D eigenvalue weighted by Crippen LogP contribution is -2.51. The topological polar surface area (TPSA) is 52.3 Å². The highest BCUT2D eigenvalue weighted by molar-refractivity contribution is 5.81. The van der Waals surface area contributed by atoms with Gasteiger partial charge in [-0.05, 0) is 39.5 Å². The largest absolute Gasteiger partial charge is 0.459 e. The minimum atomic E-state index is -0.941. The van der Waals surface area contributed by atoms with Crippen LogP contribution in [0.4, 0.5) is 0 Å². The molecule has 3 heteroatoms. The van der Waals surface area contributed by atoms with Gasteiger partial charge in [0.05, 0.1) is 0 Å². The Morgan fingerprint density at radius 3 is 2.25 bits per heavy atom. The number of rotatable bonds is 5. The molecular formula is C13H25NO2. The molecule has 0 rings (SSSR count). The maximum Gasteiger partial charge on any atom is 0.326 e. The third kappa shape index (κ3) is 5.31. The van der Waals surface area contributed by atoms with Crippen LogP contribution in [0, 0.1) is 5.92 Å². The molecule has 94 valence electrons. The van der Waals surface area contributed by atoms with Gasteiger partial charge in [0.2, 0.25) is 0 Å². The first-order valence-corrected chi connectivity index (χ1v) is 5.74. The van der Waals surface area contributed by atoms with Crippen LogP contribution < -0.4 is 5.73 Å². The van der Waals surface area contributed by atoms with Gasteiger partial charge in [-0.3, -0.25) is 4.79 Å². The van der Waals surface area contributed by atoms with E-state index in [0.717, 1.165) is 0 Å². The Morgan fingerprint density at radius 1 is 1.44 bits per heavy atom. The number of carbonyl (C=O) groups excluding carboxylic acids is 1. The SMILES string of the molecule is C=CC[C@](N)(CC(C)C)C(=O)OC(C)(C)C. The van der Waals surface area contributed by atoms with Crippen molar-refractivity contribution in [2.75, 3.05) is 0 Å². The molecule has 0 aromatic heterocycles. The molecule has 0 amide bonds. The number of hydrogen-bond donors (Lipinski definition) is 1. The first-order valence-electron chi connectivity index (χ1n) is 5.74. The molecule has 0 saturated carbocycles. The van der Waals surface area contributed by atoms with E-state index in [4.69, 9.17) is 10.5 Å². The van der Waals surface area contributed by atoms with Gasteiger partial charge in [-0.2, -0.15) is 0 Å². The molecule has 2 N–H and O–H groups in total. The summed E-state index contributed by atoms with van der Waals surface area (Å²) in [6.07, 6.45) is 2.72. The van der Waals surface area contributed by atoms with Gasteiger partial charge in [0.1, 0.15) is 11.1 Å². The quantitative estimate of drug-likeness (QED) is 0.580. The second-order valence-electron chi connectivity index (χ2n) is 5.75. The third-order valence-corrected chi connectivity index (χ3v) is 2.09. The van der Waals surface area contributed by atoms with Crippen LogP contribution >= 0.6 is 0 Å². The molecule has 0 aliphatic carbocycles. The van der Waals surface area contributed by atoms with Crippen molar-refractivity contribution in [3.8, 4) is 0 Å². The third-order valence-electron chi connectivity index (χ3n) is 2.09. The molecule has 0 fully saturated rings. The Bertz CT molecular complexity index is 253. The van der Waals surface area contributed by atoms with E-state index in [9.17, 15) is 4.79 Å². The fraction of sp³-hybridized carbons (Fsp3) is 0.769. The van der Waals surface area contributed by atoms with Crippen molar-refractivity contribution in [1.82, 2.24) is 0 Å². The number of ether oxygens (including phenoxy) is 1. The van der Waals surface area contributed by atoms with E-state index in [2.05, 4.69) is 6.58 Å². The molecule has 0 spiro atoms. The van der Waals surface area contributed by atoms with Crippen LogP contribution in [0.25, 0.3) is 0 Å². The van der Waals surface area contributed by atoms with Gasteiger partial charge in [0.15, 0.2) is 0 Å². The highest BCUT2D eigenvalue weighted by Crippen LogP contribution is 2.23. The Balaban J connectivity index is 4.76. The number of carbonyl (C=O) groups is 1. The van der Waals surface area contributed by atoms with Crippen molar-refractivity contribution in [3.63, 3.8) is 0 Å². The van der Waals surface area contributed by atoms with Crippen molar-refractivity contribution >= 4 is 5.97 Å². The van der Waals surface area contributed by atoms with Crippen LogP contribution in [0.5, 0.6) is 0 Å². The van der Waals surface area contributed by atoms with Crippen molar-refractivity contribution < 1.29 is 9.53 Å². The van der Waals surface area contributed by atoms with Crippen LogP contribution in [-0.2, 0) is 9.53 Å².